The molecule has 0 saturated carbocycles. The molecule has 28 heavy (non-hydrogen) atoms. The third-order valence-electron chi connectivity index (χ3n) is 5.12. The molecule has 1 fully saturated rings. The Hall–Kier alpha value is -1.62. The molecule has 2 aromatic heterocycles. The number of anilines is 1. The minimum absolute atomic E-state index is 0.0525. The van der Waals surface area contributed by atoms with Crippen LogP contribution >= 0.6 is 23.1 Å². The molecule has 4 heterocycles. The molecule has 1 saturated heterocycles. The molecule has 0 aromatic carbocycles. The van der Waals surface area contributed by atoms with Crippen molar-refractivity contribution in [3.63, 3.8) is 0 Å². The van der Waals surface area contributed by atoms with Crippen LogP contribution in [0.25, 0.3) is 0 Å². The van der Waals surface area contributed by atoms with E-state index in [1.165, 1.54) is 16.9 Å². The zero-order valence-corrected chi connectivity index (χ0v) is 17.7. The van der Waals surface area contributed by atoms with Crippen LogP contribution in [0.4, 0.5) is 5.13 Å². The molecule has 1 N–H and O–H groups in total. The molecule has 0 bridgehead atoms. The van der Waals surface area contributed by atoms with Crippen molar-refractivity contribution in [2.24, 2.45) is 0 Å². The van der Waals surface area contributed by atoms with Gasteiger partial charge in [0.2, 0.25) is 11.0 Å². The Morgan fingerprint density at radius 1 is 1.39 bits per heavy atom. The van der Waals surface area contributed by atoms with E-state index in [4.69, 9.17) is 9.72 Å². The lowest BCUT2D eigenvalue weighted by atomic mass is 9.83. The lowest BCUT2D eigenvalue weighted by molar-refractivity contribution is -0.122. The third-order valence-corrected chi connectivity index (χ3v) is 6.97. The van der Waals surface area contributed by atoms with Crippen LogP contribution < -0.4 is 5.32 Å². The Labute approximate surface area is 172 Å². The first-order valence-electron chi connectivity index (χ1n) is 9.53. The van der Waals surface area contributed by atoms with Crippen LogP contribution in [-0.4, -0.2) is 63.0 Å². The van der Waals surface area contributed by atoms with Gasteiger partial charge in [-0.1, -0.05) is 30.0 Å². The molecule has 0 aliphatic carbocycles. The SMILES string of the molecule is CCSc1nnc(NC(=O)CN2CCC3(CC2)OCCc2cnc(C)nc23)s1. The summed E-state index contributed by atoms with van der Waals surface area (Å²) in [5.41, 5.74) is 1.91. The van der Waals surface area contributed by atoms with Gasteiger partial charge < -0.3 is 4.74 Å². The van der Waals surface area contributed by atoms with Gasteiger partial charge in [0.1, 0.15) is 11.4 Å². The molecular formula is C18H24N6O2S2. The zero-order valence-electron chi connectivity index (χ0n) is 16.1. The molecule has 0 radical (unpaired) electrons. The highest BCUT2D eigenvalue weighted by Crippen LogP contribution is 2.40. The fourth-order valence-corrected chi connectivity index (χ4v) is 5.42. The van der Waals surface area contributed by atoms with Crippen LogP contribution in [0, 0.1) is 6.92 Å². The van der Waals surface area contributed by atoms with E-state index in [-0.39, 0.29) is 11.5 Å². The summed E-state index contributed by atoms with van der Waals surface area (Å²) in [5, 5.41) is 11.5. The van der Waals surface area contributed by atoms with Crippen molar-refractivity contribution in [3.05, 3.63) is 23.3 Å². The van der Waals surface area contributed by atoms with Crippen molar-refractivity contribution in [1.29, 1.82) is 0 Å². The number of ether oxygens (including phenoxy) is 1. The Kier molecular flexibility index (Phi) is 5.91. The number of piperidine rings is 1. The normalized spacial score (nSPS) is 18.8. The van der Waals surface area contributed by atoms with Gasteiger partial charge in [-0.3, -0.25) is 15.0 Å². The maximum absolute atomic E-state index is 12.4. The summed E-state index contributed by atoms with van der Waals surface area (Å²) in [6, 6.07) is 0. The average molecular weight is 421 g/mol. The van der Waals surface area contributed by atoms with Gasteiger partial charge >= 0.3 is 0 Å². The molecule has 2 aromatic rings. The van der Waals surface area contributed by atoms with Gasteiger partial charge in [-0.2, -0.15) is 0 Å². The molecule has 0 unspecified atom stereocenters. The lowest BCUT2D eigenvalue weighted by Gasteiger charge is -2.43. The second-order valence-corrected chi connectivity index (χ2v) is 9.50. The Morgan fingerprint density at radius 2 is 2.21 bits per heavy atom. The molecule has 8 nitrogen and oxygen atoms in total. The van der Waals surface area contributed by atoms with Crippen molar-refractivity contribution >= 4 is 34.1 Å². The van der Waals surface area contributed by atoms with E-state index in [1.54, 1.807) is 11.8 Å². The molecule has 2 aliphatic heterocycles. The number of nitrogens with one attached hydrogen (secondary N) is 1. The van der Waals surface area contributed by atoms with E-state index in [0.717, 1.165) is 54.0 Å². The van der Waals surface area contributed by atoms with Crippen molar-refractivity contribution in [2.45, 2.75) is 43.1 Å². The molecule has 0 atom stereocenters. The van der Waals surface area contributed by atoms with E-state index >= 15 is 0 Å². The van der Waals surface area contributed by atoms with E-state index in [2.05, 4.69) is 32.3 Å². The number of thioether (sulfide) groups is 1. The topological polar surface area (TPSA) is 93.1 Å². The second kappa shape index (κ2) is 8.40. The largest absolute Gasteiger partial charge is 0.368 e. The number of likely N-dealkylation sites (tertiary alicyclic amines) is 1. The molecule has 1 amide bonds. The Balaban J connectivity index is 1.34. The summed E-state index contributed by atoms with van der Waals surface area (Å²) in [5.74, 6) is 1.67. The van der Waals surface area contributed by atoms with Crippen LogP contribution in [0.1, 0.15) is 36.8 Å². The summed E-state index contributed by atoms with van der Waals surface area (Å²) < 4.78 is 7.10. The monoisotopic (exact) mass is 420 g/mol. The number of hydrogen-bond donors (Lipinski definition) is 1. The quantitative estimate of drug-likeness (QED) is 0.582. The Morgan fingerprint density at radius 3 is 3.00 bits per heavy atom. The van der Waals surface area contributed by atoms with E-state index < -0.39 is 0 Å². The summed E-state index contributed by atoms with van der Waals surface area (Å²) in [4.78, 5) is 23.6. The van der Waals surface area contributed by atoms with Crippen LogP contribution in [0.3, 0.4) is 0 Å². The number of nitrogens with zero attached hydrogens (tertiary/aromatic N) is 5. The number of fused-ring (bicyclic) bond motifs is 2. The second-order valence-electron chi connectivity index (χ2n) is 7.01. The molecule has 10 heteroatoms. The number of aryl methyl sites for hydroxylation is 1. The summed E-state index contributed by atoms with van der Waals surface area (Å²) in [7, 11) is 0. The summed E-state index contributed by atoms with van der Waals surface area (Å²) in [6.45, 7) is 6.62. The number of aromatic nitrogens is 4. The van der Waals surface area contributed by atoms with E-state index in [9.17, 15) is 4.79 Å². The standard InChI is InChI=1S/C18H24N6O2S2/c1-3-27-17-23-22-16(28-17)21-14(25)11-24-7-5-18(6-8-24)15-13(4-9-26-18)10-19-12(2)20-15/h10H,3-9,11H2,1-2H3,(H,21,22,25). The van der Waals surface area contributed by atoms with Gasteiger partial charge in [0.25, 0.3) is 0 Å². The van der Waals surface area contributed by atoms with Gasteiger partial charge in [0.15, 0.2) is 4.34 Å². The number of hydrogen-bond acceptors (Lipinski definition) is 9. The van der Waals surface area contributed by atoms with Gasteiger partial charge in [0.05, 0.1) is 18.8 Å². The predicted octanol–water partition coefficient (Wildman–Crippen LogP) is 2.25. The predicted molar refractivity (Wildman–Crippen MR) is 109 cm³/mol. The molecule has 1 spiro atoms. The minimum atomic E-state index is -0.334. The van der Waals surface area contributed by atoms with Crippen molar-refractivity contribution < 1.29 is 9.53 Å². The van der Waals surface area contributed by atoms with Gasteiger partial charge in [-0.05, 0) is 37.5 Å². The zero-order chi connectivity index (χ0) is 19.6. The van der Waals surface area contributed by atoms with E-state index in [0.29, 0.717) is 18.3 Å². The lowest BCUT2D eigenvalue weighted by Crippen LogP contribution is -2.48. The first-order chi connectivity index (χ1) is 13.6. The minimum Gasteiger partial charge on any atom is -0.368 e. The highest BCUT2D eigenvalue weighted by molar-refractivity contribution is 8.01. The molecule has 2 aliphatic rings. The fraction of sp³-hybridized carbons (Fsp3) is 0.611. The van der Waals surface area contributed by atoms with Crippen molar-refractivity contribution in [1.82, 2.24) is 25.1 Å². The number of rotatable bonds is 5. The smallest absolute Gasteiger partial charge is 0.240 e. The van der Waals surface area contributed by atoms with Crippen molar-refractivity contribution in [2.75, 3.05) is 37.3 Å². The van der Waals surface area contributed by atoms with Crippen LogP contribution in [0.2, 0.25) is 0 Å². The highest BCUT2D eigenvalue weighted by Gasteiger charge is 2.42. The van der Waals surface area contributed by atoms with Crippen LogP contribution in [0.15, 0.2) is 10.5 Å². The first-order valence-corrected chi connectivity index (χ1v) is 11.3. The van der Waals surface area contributed by atoms with Gasteiger partial charge in [0, 0.05) is 19.3 Å². The number of carbonyl (C=O) groups is 1. The Bertz CT molecular complexity index is 850. The molecule has 4 rings (SSSR count). The first kappa shape index (κ1) is 19.7. The molecule has 150 valence electrons. The average Bonchev–Trinajstić information content (AvgIpc) is 3.11. The number of amides is 1. The van der Waals surface area contributed by atoms with E-state index in [1.807, 2.05) is 13.1 Å². The fourth-order valence-electron chi connectivity index (χ4n) is 3.75. The maximum Gasteiger partial charge on any atom is 0.240 e. The third kappa shape index (κ3) is 4.19. The van der Waals surface area contributed by atoms with Crippen LogP contribution in [-0.2, 0) is 21.6 Å². The summed E-state index contributed by atoms with van der Waals surface area (Å²) >= 11 is 3.04. The summed E-state index contributed by atoms with van der Waals surface area (Å²) in [6.07, 6.45) is 4.47. The maximum atomic E-state index is 12.4. The number of carbonyl (C=O) groups excluding carboxylic acids is 1. The van der Waals surface area contributed by atoms with Crippen molar-refractivity contribution in [3.8, 4) is 0 Å². The van der Waals surface area contributed by atoms with Gasteiger partial charge in [-0.25, -0.2) is 9.97 Å². The highest BCUT2D eigenvalue weighted by atomic mass is 32.2. The molecular weight excluding hydrogens is 396 g/mol. The van der Waals surface area contributed by atoms with Gasteiger partial charge in [-0.15, -0.1) is 10.2 Å². The van der Waals surface area contributed by atoms with Crippen LogP contribution in [0.5, 0.6) is 0 Å².